The molecule has 42 heavy (non-hydrogen) atoms. The van der Waals surface area contributed by atoms with Crippen molar-refractivity contribution in [3.05, 3.63) is 82.8 Å². The van der Waals surface area contributed by atoms with Crippen LogP contribution in [-0.4, -0.2) is 46.5 Å². The first-order valence-corrected chi connectivity index (χ1v) is 14.5. The molecule has 2 aromatic carbocycles. The van der Waals surface area contributed by atoms with Gasteiger partial charge in [-0.2, -0.15) is 13.9 Å². The number of nitrogens with zero attached hydrogens (tertiary/aromatic N) is 3. The predicted molar refractivity (Wildman–Crippen MR) is 164 cm³/mol. The minimum Gasteiger partial charge on any atom is -0.487 e. The van der Waals surface area contributed by atoms with E-state index < -0.39 is 5.76 Å². The second-order valence-electron chi connectivity index (χ2n) is 9.59. The standard InChI is InChI=1S/C29H30ClF2N7O2S/c1-35-27-22(19-13-37-39(15-19)21-7-9-40-10-8-21)14-36-28(34)25(27)26(33)18-5-6-23(38-42-29(31)32)24(12-18)41-16-17-3-2-4-20(30)11-17/h2-6,11-15,21,29,33,38H,7-10,16H2,1H3,(H3,34,35,36). The number of halogens is 3. The average molecular weight is 614 g/mol. The summed E-state index contributed by atoms with van der Waals surface area (Å²) in [6, 6.07) is 12.3. The topological polar surface area (TPSA) is 123 Å². The lowest BCUT2D eigenvalue weighted by atomic mass is 9.97. The van der Waals surface area contributed by atoms with Gasteiger partial charge in [-0.05, 0) is 42.7 Å². The lowest BCUT2D eigenvalue weighted by Gasteiger charge is -2.22. The summed E-state index contributed by atoms with van der Waals surface area (Å²) >= 11 is 6.36. The summed E-state index contributed by atoms with van der Waals surface area (Å²) in [5.41, 5.74) is 10.6. The van der Waals surface area contributed by atoms with E-state index >= 15 is 0 Å². The van der Waals surface area contributed by atoms with Gasteiger partial charge in [-0.3, -0.25) is 10.1 Å². The number of nitrogens with one attached hydrogen (secondary N) is 3. The van der Waals surface area contributed by atoms with Gasteiger partial charge in [0.25, 0.3) is 0 Å². The van der Waals surface area contributed by atoms with Crippen LogP contribution in [-0.2, 0) is 11.3 Å². The van der Waals surface area contributed by atoms with Gasteiger partial charge in [0.2, 0.25) is 0 Å². The van der Waals surface area contributed by atoms with E-state index in [1.807, 2.05) is 16.9 Å². The van der Waals surface area contributed by atoms with Crippen LogP contribution in [0.15, 0.2) is 61.1 Å². The van der Waals surface area contributed by atoms with Crippen molar-refractivity contribution in [1.82, 2.24) is 14.8 Å². The van der Waals surface area contributed by atoms with E-state index in [1.165, 1.54) is 0 Å². The highest BCUT2D eigenvalue weighted by Crippen LogP contribution is 2.37. The maximum absolute atomic E-state index is 13.0. The first kappa shape index (κ1) is 29.6. The van der Waals surface area contributed by atoms with Crippen LogP contribution in [0.1, 0.15) is 35.6 Å². The molecule has 0 amide bonds. The van der Waals surface area contributed by atoms with E-state index in [4.69, 9.17) is 32.2 Å². The summed E-state index contributed by atoms with van der Waals surface area (Å²) in [5.74, 6) is -2.18. The monoisotopic (exact) mass is 613 g/mol. The van der Waals surface area contributed by atoms with Crippen LogP contribution in [0, 0.1) is 5.41 Å². The van der Waals surface area contributed by atoms with Gasteiger partial charge in [0.15, 0.2) is 0 Å². The molecule has 1 fully saturated rings. The van der Waals surface area contributed by atoms with Gasteiger partial charge >= 0.3 is 5.76 Å². The smallest absolute Gasteiger partial charge is 0.302 e. The average Bonchev–Trinajstić information content (AvgIpc) is 3.49. The first-order chi connectivity index (χ1) is 20.3. The highest BCUT2D eigenvalue weighted by Gasteiger charge is 2.22. The number of ether oxygens (including phenoxy) is 2. The Hall–Kier alpha value is -3.87. The molecule has 9 nitrogen and oxygen atoms in total. The van der Waals surface area contributed by atoms with Gasteiger partial charge in [-0.1, -0.05) is 29.8 Å². The fourth-order valence-electron chi connectivity index (χ4n) is 4.81. The number of hydrogen-bond acceptors (Lipinski definition) is 9. The molecule has 2 aromatic heterocycles. The number of nitrogens with two attached hydrogens (primary N) is 1. The third-order valence-electron chi connectivity index (χ3n) is 6.90. The van der Waals surface area contributed by atoms with Gasteiger partial charge in [-0.25, -0.2) is 4.98 Å². The molecule has 1 aliphatic heterocycles. The molecule has 0 saturated carbocycles. The molecule has 13 heteroatoms. The number of alkyl halides is 2. The minimum atomic E-state index is -2.63. The van der Waals surface area contributed by atoms with Crippen molar-refractivity contribution in [3.63, 3.8) is 0 Å². The highest BCUT2D eigenvalue weighted by molar-refractivity contribution is 8.00. The van der Waals surface area contributed by atoms with Crippen LogP contribution >= 0.6 is 23.5 Å². The third kappa shape index (κ3) is 6.77. The molecule has 3 heterocycles. The number of benzene rings is 2. The molecule has 0 atom stereocenters. The van der Waals surface area contributed by atoms with E-state index in [1.54, 1.807) is 55.8 Å². The van der Waals surface area contributed by atoms with Gasteiger partial charge in [-0.15, -0.1) is 0 Å². The number of aromatic nitrogens is 3. The fraction of sp³-hybridized carbons (Fsp3) is 0.276. The third-order valence-corrected chi connectivity index (χ3v) is 7.65. The Morgan fingerprint density at radius 2 is 2.05 bits per heavy atom. The Morgan fingerprint density at radius 1 is 1.24 bits per heavy atom. The summed E-state index contributed by atoms with van der Waals surface area (Å²) in [6.07, 6.45) is 7.19. The van der Waals surface area contributed by atoms with Crippen molar-refractivity contribution < 1.29 is 18.3 Å². The second kappa shape index (κ2) is 13.4. The molecule has 5 rings (SSSR count). The van der Waals surface area contributed by atoms with Crippen molar-refractivity contribution in [3.8, 4) is 16.9 Å². The highest BCUT2D eigenvalue weighted by atomic mass is 35.5. The van der Waals surface area contributed by atoms with E-state index in [0.717, 1.165) is 29.5 Å². The summed E-state index contributed by atoms with van der Waals surface area (Å²) in [5, 5.41) is 17.5. The van der Waals surface area contributed by atoms with Crippen LogP contribution in [0.3, 0.4) is 0 Å². The summed E-state index contributed by atoms with van der Waals surface area (Å²) < 4.78 is 42.0. The number of pyridine rings is 1. The molecule has 0 unspecified atom stereocenters. The van der Waals surface area contributed by atoms with Crippen LogP contribution in [0.25, 0.3) is 11.1 Å². The van der Waals surface area contributed by atoms with Gasteiger partial charge in [0, 0.05) is 66.3 Å². The molecule has 5 N–H and O–H groups in total. The fourth-order valence-corrected chi connectivity index (χ4v) is 5.40. The predicted octanol–water partition coefficient (Wildman–Crippen LogP) is 6.85. The van der Waals surface area contributed by atoms with E-state index in [2.05, 4.69) is 20.1 Å². The zero-order chi connectivity index (χ0) is 29.6. The number of hydrogen-bond donors (Lipinski definition) is 4. The van der Waals surface area contributed by atoms with E-state index in [0.29, 0.717) is 40.7 Å². The maximum Gasteiger partial charge on any atom is 0.302 e. The number of anilines is 3. The summed E-state index contributed by atoms with van der Waals surface area (Å²) in [6.45, 7) is 1.54. The van der Waals surface area contributed by atoms with Gasteiger partial charge in [0.1, 0.15) is 18.2 Å². The second-order valence-corrected chi connectivity index (χ2v) is 10.8. The van der Waals surface area contributed by atoms with Crippen LogP contribution in [0.5, 0.6) is 5.75 Å². The molecular weight excluding hydrogens is 584 g/mol. The summed E-state index contributed by atoms with van der Waals surface area (Å²) in [7, 11) is 1.76. The van der Waals surface area contributed by atoms with Crippen LogP contribution in [0.4, 0.5) is 26.0 Å². The molecule has 220 valence electrons. The van der Waals surface area contributed by atoms with Gasteiger partial charge < -0.3 is 25.2 Å². The molecule has 4 aromatic rings. The Morgan fingerprint density at radius 3 is 2.79 bits per heavy atom. The number of rotatable bonds is 11. The lowest BCUT2D eigenvalue weighted by Crippen LogP contribution is -2.19. The summed E-state index contributed by atoms with van der Waals surface area (Å²) in [4.78, 5) is 4.40. The Bertz CT molecular complexity index is 1560. The van der Waals surface area contributed by atoms with Crippen molar-refractivity contribution in [2.24, 2.45) is 0 Å². The maximum atomic E-state index is 13.0. The largest absolute Gasteiger partial charge is 0.487 e. The SMILES string of the molecule is CNc1c(-c2cnn(C3CCOCC3)c2)cnc(N)c1C(=N)c1ccc(NSC(F)F)c(OCc2cccc(Cl)c2)c1. The van der Waals surface area contributed by atoms with Crippen molar-refractivity contribution in [1.29, 1.82) is 5.41 Å². The molecule has 0 aliphatic carbocycles. The van der Waals surface area contributed by atoms with Crippen LogP contribution < -0.4 is 20.5 Å². The molecular formula is C29H30ClF2N7O2S. The molecule has 0 spiro atoms. The molecule has 0 radical (unpaired) electrons. The van der Waals surface area contributed by atoms with Gasteiger partial charge in [0.05, 0.1) is 34.9 Å². The van der Waals surface area contributed by atoms with Crippen molar-refractivity contribution in [2.75, 3.05) is 36.0 Å². The Labute approximate surface area is 251 Å². The zero-order valence-corrected chi connectivity index (χ0v) is 24.3. The molecule has 1 aliphatic rings. The normalized spacial score (nSPS) is 13.7. The molecule has 1 saturated heterocycles. The molecule has 0 bridgehead atoms. The Balaban J connectivity index is 1.47. The van der Waals surface area contributed by atoms with E-state index in [-0.39, 0.29) is 41.9 Å². The quantitative estimate of drug-likeness (QED) is 0.107. The first-order valence-electron chi connectivity index (χ1n) is 13.2. The number of nitrogen functional groups attached to an aromatic ring is 1. The minimum absolute atomic E-state index is 0.0867. The Kier molecular flexibility index (Phi) is 9.45. The van der Waals surface area contributed by atoms with Crippen LogP contribution in [0.2, 0.25) is 5.02 Å². The zero-order valence-electron chi connectivity index (χ0n) is 22.7. The van der Waals surface area contributed by atoms with Crippen molar-refractivity contribution >= 4 is 46.5 Å². The lowest BCUT2D eigenvalue weighted by molar-refractivity contribution is 0.0662. The van der Waals surface area contributed by atoms with E-state index in [9.17, 15) is 8.78 Å². The van der Waals surface area contributed by atoms with Crippen molar-refractivity contribution in [2.45, 2.75) is 31.2 Å².